The van der Waals surface area contributed by atoms with Crippen molar-refractivity contribution in [2.75, 3.05) is 0 Å². The second kappa shape index (κ2) is 5.21. The normalized spacial score (nSPS) is 12.6. The first kappa shape index (κ1) is 12.8. The zero-order chi connectivity index (χ0) is 13.0. The van der Waals surface area contributed by atoms with Crippen LogP contribution in [0, 0.1) is 13.8 Å². The minimum atomic E-state index is -0.206. The highest BCUT2D eigenvalue weighted by Crippen LogP contribution is 2.19. The maximum atomic E-state index is 12.3. The number of aryl methyl sites for hydroxylation is 2. The molecule has 0 fully saturated rings. The first-order valence-corrected chi connectivity index (χ1v) is 5.23. The Morgan fingerprint density at radius 1 is 1.12 bits per heavy atom. The lowest BCUT2D eigenvalue weighted by atomic mass is 9.94. The molecule has 0 aromatic heterocycles. The second-order valence-electron chi connectivity index (χ2n) is 3.80. The number of Topliss-reactive ketones (excluding diaryl/α,β-unsaturated/α-hetero) is 1. The van der Waals surface area contributed by atoms with Crippen LogP contribution < -0.4 is 17.2 Å². The van der Waals surface area contributed by atoms with E-state index in [0.29, 0.717) is 5.56 Å². The maximum absolute atomic E-state index is 12.3. The van der Waals surface area contributed by atoms with Crippen LogP contribution in [-0.2, 0) is 0 Å². The molecule has 0 aliphatic carbocycles. The van der Waals surface area contributed by atoms with E-state index in [0.717, 1.165) is 11.1 Å². The van der Waals surface area contributed by atoms with Gasteiger partial charge in [-0.15, -0.1) is 0 Å². The number of nitrogens with two attached hydrogens (primary N) is 3. The molecular formula is C13H17N3O. The summed E-state index contributed by atoms with van der Waals surface area (Å²) in [4.78, 5) is 12.3. The summed E-state index contributed by atoms with van der Waals surface area (Å²) in [6, 6.07) is 5.64. The summed E-state index contributed by atoms with van der Waals surface area (Å²) < 4.78 is 0. The first-order chi connectivity index (χ1) is 8.02. The van der Waals surface area contributed by atoms with Crippen molar-refractivity contribution in [3.8, 4) is 0 Å². The Balaban J connectivity index is 3.31. The molecule has 0 amide bonds. The van der Waals surface area contributed by atoms with Crippen molar-refractivity contribution in [1.82, 2.24) is 0 Å². The van der Waals surface area contributed by atoms with E-state index in [9.17, 15) is 4.79 Å². The van der Waals surface area contributed by atoms with Crippen molar-refractivity contribution in [1.29, 1.82) is 0 Å². The number of hydrogen-bond acceptors (Lipinski definition) is 4. The number of carbonyl (C=O) groups excluding carboxylic acids is 1. The van der Waals surface area contributed by atoms with Crippen molar-refractivity contribution in [2.24, 2.45) is 17.2 Å². The molecule has 4 nitrogen and oxygen atoms in total. The van der Waals surface area contributed by atoms with Crippen LogP contribution >= 0.6 is 0 Å². The lowest BCUT2D eigenvalue weighted by Gasteiger charge is -2.11. The van der Waals surface area contributed by atoms with Crippen LogP contribution in [0.25, 0.3) is 0 Å². The van der Waals surface area contributed by atoms with Crippen molar-refractivity contribution < 1.29 is 4.79 Å². The van der Waals surface area contributed by atoms with Crippen molar-refractivity contribution >= 4 is 5.78 Å². The second-order valence-corrected chi connectivity index (χ2v) is 3.80. The molecule has 0 aliphatic rings. The molecule has 6 N–H and O–H groups in total. The molecule has 0 heterocycles. The number of hydrogen-bond donors (Lipinski definition) is 3. The zero-order valence-corrected chi connectivity index (χ0v) is 10.0. The zero-order valence-electron chi connectivity index (χ0n) is 10.0. The Kier molecular flexibility index (Phi) is 3.93. The standard InChI is InChI=1S/C13H17N3O/c1-8-4-3-5-9(2)12(8)13(17)10(6-14)11(16)7-15/h3-7H,14-16H2,1-2H3/b10-6+,11-7+. The molecule has 90 valence electrons. The fraction of sp³-hybridized carbons (Fsp3) is 0.154. The number of carbonyl (C=O) groups is 1. The molecular weight excluding hydrogens is 214 g/mol. The van der Waals surface area contributed by atoms with Gasteiger partial charge in [0.15, 0.2) is 5.78 Å². The average molecular weight is 231 g/mol. The van der Waals surface area contributed by atoms with Crippen LogP contribution in [-0.4, -0.2) is 5.78 Å². The summed E-state index contributed by atoms with van der Waals surface area (Å²) in [5, 5.41) is 0. The van der Waals surface area contributed by atoms with E-state index in [1.807, 2.05) is 32.0 Å². The van der Waals surface area contributed by atoms with Crippen LogP contribution in [0.5, 0.6) is 0 Å². The molecule has 4 heteroatoms. The summed E-state index contributed by atoms with van der Waals surface area (Å²) in [6.07, 6.45) is 2.36. The SMILES string of the molecule is Cc1cccc(C)c1C(=O)C(=C/N)/C(N)=C\N. The molecule has 17 heavy (non-hydrogen) atoms. The van der Waals surface area contributed by atoms with Gasteiger partial charge in [-0.1, -0.05) is 18.2 Å². The Morgan fingerprint density at radius 3 is 2.06 bits per heavy atom. The Labute approximate surface area is 101 Å². The van der Waals surface area contributed by atoms with E-state index in [1.165, 1.54) is 12.4 Å². The average Bonchev–Trinajstić information content (AvgIpc) is 2.29. The lowest BCUT2D eigenvalue weighted by molar-refractivity contribution is 0.103. The third-order valence-corrected chi connectivity index (χ3v) is 2.61. The minimum absolute atomic E-state index is 0.181. The van der Waals surface area contributed by atoms with Crippen molar-refractivity contribution in [2.45, 2.75) is 13.8 Å². The van der Waals surface area contributed by atoms with Gasteiger partial charge in [0.1, 0.15) is 0 Å². The van der Waals surface area contributed by atoms with E-state index in [-0.39, 0.29) is 17.1 Å². The van der Waals surface area contributed by atoms with E-state index in [1.54, 1.807) is 0 Å². The number of allylic oxidation sites excluding steroid dienone is 1. The third-order valence-electron chi connectivity index (χ3n) is 2.61. The number of benzene rings is 1. The predicted molar refractivity (Wildman–Crippen MR) is 69.0 cm³/mol. The molecule has 0 saturated carbocycles. The van der Waals surface area contributed by atoms with Crippen molar-refractivity contribution in [3.05, 3.63) is 58.6 Å². The van der Waals surface area contributed by atoms with E-state index in [2.05, 4.69) is 0 Å². The van der Waals surface area contributed by atoms with Gasteiger partial charge in [-0.2, -0.15) is 0 Å². The molecule has 1 aromatic rings. The topological polar surface area (TPSA) is 95.1 Å². The molecule has 0 atom stereocenters. The molecule has 0 bridgehead atoms. The van der Waals surface area contributed by atoms with E-state index in [4.69, 9.17) is 17.2 Å². The van der Waals surface area contributed by atoms with Gasteiger partial charge in [0.2, 0.25) is 0 Å². The quantitative estimate of drug-likeness (QED) is 0.412. The summed E-state index contributed by atoms with van der Waals surface area (Å²) >= 11 is 0. The van der Waals surface area contributed by atoms with Gasteiger partial charge >= 0.3 is 0 Å². The Hall–Kier alpha value is -2.23. The Bertz CT molecular complexity index is 481. The van der Waals surface area contributed by atoms with Gasteiger partial charge in [-0.05, 0) is 25.0 Å². The third kappa shape index (κ3) is 2.47. The maximum Gasteiger partial charge on any atom is 0.197 e. The van der Waals surface area contributed by atoms with Gasteiger partial charge in [-0.3, -0.25) is 4.79 Å². The molecule has 1 aromatic carbocycles. The smallest absolute Gasteiger partial charge is 0.197 e. The van der Waals surface area contributed by atoms with Gasteiger partial charge in [0.25, 0.3) is 0 Å². The van der Waals surface area contributed by atoms with Gasteiger partial charge in [-0.25, -0.2) is 0 Å². The molecule has 0 radical (unpaired) electrons. The largest absolute Gasteiger partial charge is 0.404 e. The summed E-state index contributed by atoms with van der Waals surface area (Å²) in [7, 11) is 0. The van der Waals surface area contributed by atoms with Crippen molar-refractivity contribution in [3.63, 3.8) is 0 Å². The van der Waals surface area contributed by atoms with E-state index < -0.39 is 0 Å². The molecule has 0 saturated heterocycles. The predicted octanol–water partition coefficient (Wildman–Crippen LogP) is 1.09. The summed E-state index contributed by atoms with van der Waals surface area (Å²) in [5.41, 5.74) is 19.2. The molecule has 0 aliphatic heterocycles. The molecule has 0 unspecified atom stereocenters. The fourth-order valence-electron chi connectivity index (χ4n) is 1.70. The minimum Gasteiger partial charge on any atom is -0.404 e. The Morgan fingerprint density at radius 2 is 1.65 bits per heavy atom. The highest BCUT2D eigenvalue weighted by atomic mass is 16.1. The van der Waals surface area contributed by atoms with Crippen LogP contribution in [0.15, 0.2) is 41.9 Å². The van der Waals surface area contributed by atoms with Gasteiger partial charge < -0.3 is 17.2 Å². The lowest BCUT2D eigenvalue weighted by Crippen LogP contribution is -2.16. The van der Waals surface area contributed by atoms with Gasteiger partial charge in [0, 0.05) is 18.0 Å². The monoisotopic (exact) mass is 231 g/mol. The summed E-state index contributed by atoms with van der Waals surface area (Å²) in [5.74, 6) is -0.206. The highest BCUT2D eigenvalue weighted by Gasteiger charge is 2.17. The number of rotatable bonds is 3. The fourth-order valence-corrected chi connectivity index (χ4v) is 1.70. The van der Waals surface area contributed by atoms with Crippen LogP contribution in [0.1, 0.15) is 21.5 Å². The van der Waals surface area contributed by atoms with Crippen LogP contribution in [0.4, 0.5) is 0 Å². The van der Waals surface area contributed by atoms with E-state index >= 15 is 0 Å². The molecule has 0 spiro atoms. The van der Waals surface area contributed by atoms with Gasteiger partial charge in [0.05, 0.1) is 11.3 Å². The highest BCUT2D eigenvalue weighted by molar-refractivity contribution is 6.12. The van der Waals surface area contributed by atoms with Crippen LogP contribution in [0.3, 0.4) is 0 Å². The first-order valence-electron chi connectivity index (χ1n) is 5.23. The summed E-state index contributed by atoms with van der Waals surface area (Å²) in [6.45, 7) is 3.74. The number of ketones is 1. The van der Waals surface area contributed by atoms with Crippen LogP contribution in [0.2, 0.25) is 0 Å². The molecule has 1 rings (SSSR count).